The monoisotopic (exact) mass is 431 g/mol. The van der Waals surface area contributed by atoms with Gasteiger partial charge in [-0.2, -0.15) is 5.10 Å². The smallest absolute Gasteiger partial charge is 0.258 e. The van der Waals surface area contributed by atoms with E-state index in [4.69, 9.17) is 4.74 Å². The highest BCUT2D eigenvalue weighted by Crippen LogP contribution is 2.53. The minimum Gasteiger partial charge on any atom is -0.477 e. The Morgan fingerprint density at radius 3 is 2.81 bits per heavy atom. The van der Waals surface area contributed by atoms with Gasteiger partial charge in [0.1, 0.15) is 5.56 Å². The van der Waals surface area contributed by atoms with Crippen LogP contribution in [0.15, 0.2) is 6.20 Å². The van der Waals surface area contributed by atoms with Crippen molar-refractivity contribution in [1.29, 1.82) is 0 Å². The van der Waals surface area contributed by atoms with Crippen LogP contribution in [0.3, 0.4) is 0 Å². The molecule has 1 heterocycles. The highest BCUT2D eigenvalue weighted by atomic mass is 16.5. The van der Waals surface area contributed by atoms with E-state index < -0.39 is 0 Å². The first-order valence-electron chi connectivity index (χ1n) is 12.4. The first-order chi connectivity index (χ1) is 14.8. The molecule has 5 atom stereocenters. The van der Waals surface area contributed by atoms with E-state index in [9.17, 15) is 9.90 Å². The van der Waals surface area contributed by atoms with Crippen LogP contribution in [0.5, 0.6) is 5.88 Å². The lowest BCUT2D eigenvalue weighted by atomic mass is 9.79. The number of hydrogen-bond donors (Lipinski definition) is 2. The summed E-state index contributed by atoms with van der Waals surface area (Å²) in [4.78, 5) is 13.4. The molecule has 0 saturated heterocycles. The van der Waals surface area contributed by atoms with Gasteiger partial charge in [0.25, 0.3) is 5.91 Å². The molecule has 6 nitrogen and oxygen atoms in total. The van der Waals surface area contributed by atoms with Gasteiger partial charge < -0.3 is 15.2 Å². The van der Waals surface area contributed by atoms with Crippen LogP contribution in [0.2, 0.25) is 0 Å². The van der Waals surface area contributed by atoms with Crippen LogP contribution >= 0.6 is 0 Å². The second-order valence-corrected chi connectivity index (χ2v) is 11.6. The third-order valence-electron chi connectivity index (χ3n) is 7.92. The van der Waals surface area contributed by atoms with Crippen LogP contribution in [0.1, 0.15) is 83.0 Å². The number of aryl methyl sites for hydroxylation is 1. The van der Waals surface area contributed by atoms with E-state index in [1.165, 1.54) is 38.5 Å². The largest absolute Gasteiger partial charge is 0.477 e. The third kappa shape index (κ3) is 4.94. The predicted molar refractivity (Wildman–Crippen MR) is 121 cm³/mol. The van der Waals surface area contributed by atoms with Crippen molar-refractivity contribution in [3.05, 3.63) is 11.8 Å². The number of fused-ring (bicyclic) bond motifs is 2. The fraction of sp³-hybridized carbons (Fsp3) is 0.840. The molecule has 31 heavy (non-hydrogen) atoms. The van der Waals surface area contributed by atoms with E-state index in [-0.39, 0.29) is 17.9 Å². The van der Waals surface area contributed by atoms with E-state index in [0.29, 0.717) is 48.4 Å². The quantitative estimate of drug-likeness (QED) is 0.612. The van der Waals surface area contributed by atoms with Crippen molar-refractivity contribution in [2.75, 3.05) is 13.2 Å². The molecule has 1 amide bonds. The fourth-order valence-electron chi connectivity index (χ4n) is 6.14. The molecule has 2 N–H and O–H groups in total. The van der Waals surface area contributed by atoms with Crippen molar-refractivity contribution in [2.45, 2.75) is 85.2 Å². The molecule has 3 fully saturated rings. The van der Waals surface area contributed by atoms with Crippen molar-refractivity contribution >= 4 is 5.91 Å². The summed E-state index contributed by atoms with van der Waals surface area (Å²) in [6.45, 7) is 9.57. The van der Waals surface area contributed by atoms with Gasteiger partial charge in [0, 0.05) is 19.2 Å². The Hall–Kier alpha value is -1.56. The normalized spacial score (nSPS) is 29.9. The molecule has 0 aliphatic heterocycles. The van der Waals surface area contributed by atoms with E-state index in [2.05, 4.69) is 24.3 Å². The summed E-state index contributed by atoms with van der Waals surface area (Å²) < 4.78 is 7.90. The number of rotatable bonds is 9. The Bertz CT molecular complexity index is 772. The predicted octanol–water partition coefficient (Wildman–Crippen LogP) is 4.27. The lowest BCUT2D eigenvalue weighted by molar-refractivity contribution is 0.0901. The number of carbonyl (C=O) groups is 1. The Labute approximate surface area is 187 Å². The van der Waals surface area contributed by atoms with E-state index in [0.717, 1.165) is 18.3 Å². The summed E-state index contributed by atoms with van der Waals surface area (Å²) in [7, 11) is 0. The van der Waals surface area contributed by atoms with Gasteiger partial charge in [-0.15, -0.1) is 0 Å². The molecule has 1 aromatic heterocycles. The summed E-state index contributed by atoms with van der Waals surface area (Å²) in [5.74, 6) is 3.85. The number of aromatic nitrogens is 2. The van der Waals surface area contributed by atoms with Crippen LogP contribution in [0, 0.1) is 35.0 Å². The number of amides is 1. The average molecular weight is 432 g/mol. The van der Waals surface area contributed by atoms with Gasteiger partial charge >= 0.3 is 0 Å². The van der Waals surface area contributed by atoms with E-state index in [1.54, 1.807) is 10.9 Å². The zero-order valence-corrected chi connectivity index (χ0v) is 19.8. The number of aliphatic hydroxyl groups is 1. The topological polar surface area (TPSA) is 76.4 Å². The van der Waals surface area contributed by atoms with Crippen molar-refractivity contribution in [3.63, 3.8) is 0 Å². The molecule has 174 valence electrons. The molecular formula is C25H41N3O3. The molecule has 5 unspecified atom stereocenters. The van der Waals surface area contributed by atoms with Crippen molar-refractivity contribution in [1.82, 2.24) is 15.1 Å². The van der Waals surface area contributed by atoms with Crippen molar-refractivity contribution in [3.8, 4) is 5.88 Å². The Kier molecular flexibility index (Phi) is 6.66. The van der Waals surface area contributed by atoms with E-state index >= 15 is 0 Å². The minimum atomic E-state index is -0.192. The second kappa shape index (κ2) is 9.13. The molecule has 0 aromatic carbocycles. The summed E-state index contributed by atoms with van der Waals surface area (Å²) >= 11 is 0. The molecule has 6 heteroatoms. The van der Waals surface area contributed by atoms with Gasteiger partial charge in [0.2, 0.25) is 5.88 Å². The summed E-state index contributed by atoms with van der Waals surface area (Å²) in [5, 5.41) is 17.5. The number of nitrogens with zero attached hydrogens (tertiary/aromatic N) is 2. The number of ether oxygens (including phenoxy) is 1. The number of nitrogens with one attached hydrogen (secondary N) is 1. The highest BCUT2D eigenvalue weighted by Gasteiger charge is 2.49. The maximum absolute atomic E-state index is 13.4. The maximum Gasteiger partial charge on any atom is 0.258 e. The van der Waals surface area contributed by atoms with Crippen molar-refractivity contribution < 1.29 is 14.6 Å². The second-order valence-electron chi connectivity index (χ2n) is 11.6. The van der Waals surface area contributed by atoms with Gasteiger partial charge in [-0.1, -0.05) is 40.5 Å². The highest BCUT2D eigenvalue weighted by molar-refractivity contribution is 5.96. The standard InChI is InChI=1S/C25H41N3O3/c1-16(2)14-31-24-21(13-26-28(24)9-8-25(3,4)15-29)23(30)27-22-19-11-17-6-5-7-20(22)18(10-17)12-19/h13,16-20,22,29H,5-12,14-15H2,1-4H3,(H,27,30). The van der Waals surface area contributed by atoms with Crippen LogP contribution < -0.4 is 10.1 Å². The Balaban J connectivity index is 1.50. The summed E-state index contributed by atoms with van der Waals surface area (Å²) in [6.07, 6.45) is 10.3. The van der Waals surface area contributed by atoms with Crippen LogP contribution in [0.4, 0.5) is 0 Å². The average Bonchev–Trinajstić information content (AvgIpc) is 3.19. The molecular weight excluding hydrogens is 390 g/mol. The zero-order chi connectivity index (χ0) is 22.2. The summed E-state index contributed by atoms with van der Waals surface area (Å²) in [6, 6.07) is 0.303. The number of aliphatic hydroxyl groups excluding tert-OH is 1. The first-order valence-corrected chi connectivity index (χ1v) is 12.4. The van der Waals surface area contributed by atoms with Gasteiger partial charge in [-0.25, -0.2) is 4.68 Å². The van der Waals surface area contributed by atoms with E-state index in [1.807, 2.05) is 13.8 Å². The van der Waals surface area contributed by atoms with Gasteiger partial charge in [-0.05, 0) is 67.1 Å². The molecule has 3 bridgehead atoms. The van der Waals surface area contributed by atoms with Gasteiger partial charge in [0.15, 0.2) is 0 Å². The first kappa shape index (κ1) is 22.6. The summed E-state index contributed by atoms with van der Waals surface area (Å²) in [5.41, 5.74) is 0.360. The zero-order valence-electron chi connectivity index (χ0n) is 19.8. The lowest BCUT2D eigenvalue weighted by Gasteiger charge is -2.30. The van der Waals surface area contributed by atoms with Crippen molar-refractivity contribution in [2.24, 2.45) is 35.0 Å². The van der Waals surface area contributed by atoms with Crippen LogP contribution in [0.25, 0.3) is 0 Å². The van der Waals surface area contributed by atoms with Crippen LogP contribution in [-0.2, 0) is 6.54 Å². The third-order valence-corrected chi connectivity index (χ3v) is 7.92. The molecule has 3 aliphatic carbocycles. The van der Waals surface area contributed by atoms with Gasteiger partial charge in [-0.3, -0.25) is 4.79 Å². The molecule has 3 aliphatic rings. The molecule has 0 spiro atoms. The Morgan fingerprint density at radius 1 is 1.29 bits per heavy atom. The molecule has 3 saturated carbocycles. The maximum atomic E-state index is 13.4. The molecule has 1 aromatic rings. The molecule has 4 rings (SSSR count). The number of carbonyl (C=O) groups excluding carboxylic acids is 1. The van der Waals surface area contributed by atoms with Gasteiger partial charge in [0.05, 0.1) is 12.8 Å². The Morgan fingerprint density at radius 2 is 2.06 bits per heavy atom. The van der Waals surface area contributed by atoms with Crippen LogP contribution in [-0.4, -0.2) is 40.0 Å². The number of hydrogen-bond acceptors (Lipinski definition) is 4. The SMILES string of the molecule is CC(C)COc1c(C(=O)NC2C3CC4CCCC2C(C4)C3)cnn1CCC(C)(C)CO. The fourth-order valence-corrected chi connectivity index (χ4v) is 6.14. The lowest BCUT2D eigenvalue weighted by Crippen LogP contribution is -2.42. The molecule has 0 radical (unpaired) electrons. The minimum absolute atomic E-state index is 0.0360.